The van der Waals surface area contributed by atoms with E-state index in [9.17, 15) is 10.2 Å². The molecule has 0 amide bonds. The van der Waals surface area contributed by atoms with Crippen LogP contribution in [-0.2, 0) is 18.4 Å². The zero-order valence-corrected chi connectivity index (χ0v) is 23.3. The Hall–Kier alpha value is -1.52. The molecule has 2 aromatic rings. The Morgan fingerprint density at radius 2 is 1.30 bits per heavy atom. The molecule has 2 aliphatic rings. The quantitative estimate of drug-likeness (QED) is 0.466. The van der Waals surface area contributed by atoms with E-state index >= 15 is 0 Å². The van der Waals surface area contributed by atoms with Gasteiger partial charge >= 0.3 is 0 Å². The summed E-state index contributed by atoms with van der Waals surface area (Å²) in [6, 6.07) is 4.04. The zero-order chi connectivity index (χ0) is 25.8. The van der Waals surface area contributed by atoms with Crippen molar-refractivity contribution < 1.29 is 19.0 Å². The summed E-state index contributed by atoms with van der Waals surface area (Å²) in [5.74, 6) is 4.81. The molecular formula is C29H52O4. The van der Waals surface area contributed by atoms with Crippen LogP contribution >= 0.6 is 0 Å². The largest absolute Gasteiger partial charge is 0.465 e. The fourth-order valence-corrected chi connectivity index (χ4v) is 3.94. The van der Waals surface area contributed by atoms with E-state index in [0.717, 1.165) is 72.7 Å². The number of fused-ring (bicyclic) bond motifs is 2. The highest BCUT2D eigenvalue weighted by Gasteiger charge is 2.33. The second-order valence-corrected chi connectivity index (χ2v) is 8.86. The lowest BCUT2D eigenvalue weighted by Crippen LogP contribution is -2.25. The molecule has 0 aliphatic heterocycles. The lowest BCUT2D eigenvalue weighted by Gasteiger charge is -2.27. The Morgan fingerprint density at radius 3 is 1.79 bits per heavy atom. The molecule has 0 saturated carbocycles. The third kappa shape index (κ3) is 8.64. The number of aliphatic hydroxyl groups is 2. The van der Waals surface area contributed by atoms with Gasteiger partial charge in [-0.3, -0.25) is 0 Å². The van der Waals surface area contributed by atoms with Crippen LogP contribution < -0.4 is 0 Å². The van der Waals surface area contributed by atoms with Crippen molar-refractivity contribution in [1.82, 2.24) is 0 Å². The van der Waals surface area contributed by atoms with E-state index in [2.05, 4.69) is 27.7 Å². The van der Waals surface area contributed by atoms with Gasteiger partial charge in [0, 0.05) is 35.8 Å². The lowest BCUT2D eigenvalue weighted by atomic mass is 9.84. The molecule has 2 N–H and O–H groups in total. The van der Waals surface area contributed by atoms with Gasteiger partial charge in [0.2, 0.25) is 0 Å². The highest BCUT2D eigenvalue weighted by molar-refractivity contribution is 5.31. The van der Waals surface area contributed by atoms with Crippen LogP contribution in [-0.4, -0.2) is 10.2 Å². The summed E-state index contributed by atoms with van der Waals surface area (Å²) in [5, 5.41) is 19.9. The third-order valence-corrected chi connectivity index (χ3v) is 5.71. The molecule has 2 unspecified atom stereocenters. The first-order valence-electron chi connectivity index (χ1n) is 13.3. The van der Waals surface area contributed by atoms with Crippen LogP contribution in [0.4, 0.5) is 0 Å². The van der Waals surface area contributed by atoms with Crippen LogP contribution in [0.5, 0.6) is 0 Å². The normalized spacial score (nSPS) is 20.5. The maximum Gasteiger partial charge on any atom is 0.110 e. The van der Waals surface area contributed by atoms with Gasteiger partial charge < -0.3 is 19.0 Å². The van der Waals surface area contributed by atoms with E-state index in [4.69, 9.17) is 8.83 Å². The maximum atomic E-state index is 10.2. The molecular weight excluding hydrogens is 412 g/mol. The smallest absolute Gasteiger partial charge is 0.110 e. The highest BCUT2D eigenvalue weighted by atomic mass is 16.3. The minimum atomic E-state index is -0.676. The molecule has 0 aromatic carbocycles. The van der Waals surface area contributed by atoms with Gasteiger partial charge in [-0.25, -0.2) is 0 Å². The molecule has 0 radical (unpaired) electrons. The Balaban J connectivity index is 0.000000508. The number of aliphatic hydroxyl groups excluding tert-OH is 1. The van der Waals surface area contributed by atoms with Crippen molar-refractivity contribution in [1.29, 1.82) is 0 Å². The van der Waals surface area contributed by atoms with Crippen molar-refractivity contribution in [2.75, 3.05) is 0 Å². The number of aryl methyl sites for hydroxylation is 2. The molecule has 2 atom stereocenters. The summed E-state index contributed by atoms with van der Waals surface area (Å²) in [4.78, 5) is 0. The molecule has 4 nitrogen and oxygen atoms in total. The van der Waals surface area contributed by atoms with Crippen LogP contribution in [0.25, 0.3) is 0 Å². The minimum Gasteiger partial charge on any atom is -0.465 e. The summed E-state index contributed by atoms with van der Waals surface area (Å²) in [5.41, 5.74) is 1.35. The van der Waals surface area contributed by atoms with Crippen LogP contribution in [0, 0.1) is 0 Å². The Labute approximate surface area is 203 Å². The molecule has 4 rings (SSSR count). The van der Waals surface area contributed by atoms with Crippen molar-refractivity contribution in [2.45, 2.75) is 138 Å². The lowest BCUT2D eigenvalue weighted by molar-refractivity contribution is 0.0363. The van der Waals surface area contributed by atoms with Gasteiger partial charge in [0.1, 0.15) is 23.0 Å². The molecule has 33 heavy (non-hydrogen) atoms. The van der Waals surface area contributed by atoms with Crippen LogP contribution in [0.1, 0.15) is 154 Å². The zero-order valence-electron chi connectivity index (χ0n) is 23.3. The second-order valence-electron chi connectivity index (χ2n) is 8.86. The first-order chi connectivity index (χ1) is 15.7. The number of hydrogen-bond acceptors (Lipinski definition) is 4. The molecule has 192 valence electrons. The highest BCUT2D eigenvalue weighted by Crippen LogP contribution is 2.38. The summed E-state index contributed by atoms with van der Waals surface area (Å²) in [6.45, 7) is 22.3. The van der Waals surface area contributed by atoms with E-state index in [0.29, 0.717) is 11.8 Å². The van der Waals surface area contributed by atoms with E-state index in [1.807, 2.05) is 60.6 Å². The van der Waals surface area contributed by atoms with Gasteiger partial charge in [-0.05, 0) is 44.7 Å². The van der Waals surface area contributed by atoms with Crippen molar-refractivity contribution >= 4 is 0 Å². The molecule has 0 bridgehead atoms. The molecule has 0 spiro atoms. The van der Waals surface area contributed by atoms with Gasteiger partial charge in [-0.1, -0.05) is 69.2 Å². The predicted molar refractivity (Wildman–Crippen MR) is 140 cm³/mol. The van der Waals surface area contributed by atoms with E-state index in [1.54, 1.807) is 0 Å². The second kappa shape index (κ2) is 15.4. The first kappa shape index (κ1) is 31.5. The molecule has 2 heterocycles. The van der Waals surface area contributed by atoms with Crippen molar-refractivity contribution in [2.24, 2.45) is 0 Å². The van der Waals surface area contributed by atoms with Crippen LogP contribution in [0.15, 0.2) is 21.0 Å². The Bertz CT molecular complexity index is 765. The summed E-state index contributed by atoms with van der Waals surface area (Å²) in [7, 11) is 0. The SMILES string of the molecule is CC.CC.CC.CC(C)c1cc2c(o1)CCCC2(C)O.CC(C)c1cc2c(o1)CCCC2O. The minimum absolute atomic E-state index is 0.292. The van der Waals surface area contributed by atoms with Crippen molar-refractivity contribution in [3.63, 3.8) is 0 Å². The van der Waals surface area contributed by atoms with E-state index in [1.165, 1.54) is 0 Å². The molecule has 2 aromatic heterocycles. The molecule has 0 saturated heterocycles. The number of furan rings is 2. The Kier molecular flexibility index (Phi) is 14.7. The molecule has 2 aliphatic carbocycles. The number of rotatable bonds is 2. The third-order valence-electron chi connectivity index (χ3n) is 5.71. The van der Waals surface area contributed by atoms with Gasteiger partial charge in [-0.2, -0.15) is 0 Å². The average Bonchev–Trinajstić information content (AvgIpc) is 3.45. The van der Waals surface area contributed by atoms with Crippen LogP contribution in [0.2, 0.25) is 0 Å². The maximum absolute atomic E-state index is 10.2. The van der Waals surface area contributed by atoms with Crippen LogP contribution in [0.3, 0.4) is 0 Å². The predicted octanol–water partition coefficient (Wildman–Crippen LogP) is 8.80. The fraction of sp³-hybridized carbons (Fsp3) is 0.724. The summed E-state index contributed by atoms with van der Waals surface area (Å²) in [6.07, 6.45) is 5.45. The Morgan fingerprint density at radius 1 is 0.818 bits per heavy atom. The fourth-order valence-electron chi connectivity index (χ4n) is 3.94. The van der Waals surface area contributed by atoms with Gasteiger partial charge in [-0.15, -0.1) is 0 Å². The van der Waals surface area contributed by atoms with Gasteiger partial charge in [0.25, 0.3) is 0 Å². The summed E-state index contributed by atoms with van der Waals surface area (Å²) < 4.78 is 11.4. The topological polar surface area (TPSA) is 66.7 Å². The van der Waals surface area contributed by atoms with Crippen molar-refractivity contribution in [3.8, 4) is 0 Å². The molecule has 0 fully saturated rings. The van der Waals surface area contributed by atoms with Crippen molar-refractivity contribution in [3.05, 3.63) is 46.3 Å². The standard InChI is InChI=1S/C12H18O2.C11H16O2.3C2H6/c1-8(2)11-7-9-10(14-11)5-4-6-12(9,3)13;1-7(2)11-6-8-9(12)4-3-5-10(8)13-11;3*1-2/h7-8,13H,4-6H2,1-3H3;6-7,9,12H,3-5H2,1-2H3;3*1-2H3. The average molecular weight is 465 g/mol. The van der Waals surface area contributed by atoms with Gasteiger partial charge in [0.05, 0.1) is 11.7 Å². The number of hydrogen-bond donors (Lipinski definition) is 2. The van der Waals surface area contributed by atoms with Gasteiger partial charge in [0.15, 0.2) is 0 Å². The first-order valence-corrected chi connectivity index (χ1v) is 13.3. The summed E-state index contributed by atoms with van der Waals surface area (Å²) >= 11 is 0. The molecule has 4 heteroatoms. The monoisotopic (exact) mass is 464 g/mol. The van der Waals surface area contributed by atoms with E-state index in [-0.39, 0.29) is 6.10 Å². The van der Waals surface area contributed by atoms with E-state index < -0.39 is 5.60 Å².